The third-order valence-electron chi connectivity index (χ3n) is 7.47. The highest BCUT2D eigenvalue weighted by Crippen LogP contribution is 2.32. The van der Waals surface area contributed by atoms with Crippen LogP contribution in [0.4, 0.5) is 0 Å². The van der Waals surface area contributed by atoms with Crippen LogP contribution in [0.3, 0.4) is 0 Å². The first-order valence-electron chi connectivity index (χ1n) is 13.5. The zero-order valence-electron chi connectivity index (χ0n) is 22.7. The Hall–Kier alpha value is -1.33. The van der Waals surface area contributed by atoms with Gasteiger partial charge in [0.25, 0.3) is 0 Å². The number of ether oxygens (including phenoxy) is 8. The molecular formula is C23H39N3O16. The third kappa shape index (κ3) is 7.65. The van der Waals surface area contributed by atoms with Gasteiger partial charge in [-0.2, -0.15) is 0 Å². The van der Waals surface area contributed by atoms with E-state index in [0.29, 0.717) is 0 Å². The fourth-order valence-corrected chi connectivity index (χ4v) is 5.09. The van der Waals surface area contributed by atoms with E-state index in [1.54, 1.807) is 6.92 Å². The topological polar surface area (TPSA) is 284 Å². The molecule has 4 unspecified atom stereocenters. The van der Waals surface area contributed by atoms with Crippen molar-refractivity contribution in [3.05, 3.63) is 10.4 Å². The molecule has 0 spiro atoms. The highest BCUT2D eigenvalue weighted by Gasteiger charge is 2.50. The van der Waals surface area contributed by atoms with Gasteiger partial charge in [-0.15, -0.1) is 0 Å². The van der Waals surface area contributed by atoms with Crippen LogP contribution in [0.5, 0.6) is 0 Å². The maximum Gasteiger partial charge on any atom is 0.186 e. The van der Waals surface area contributed by atoms with Gasteiger partial charge in [-0.25, -0.2) is 0 Å². The number of aliphatic hydroxyl groups excluding tert-OH is 8. The summed E-state index contributed by atoms with van der Waals surface area (Å²) in [5, 5.41) is 86.2. The van der Waals surface area contributed by atoms with Crippen molar-refractivity contribution in [2.45, 2.75) is 99.2 Å². The summed E-state index contributed by atoms with van der Waals surface area (Å²) in [7, 11) is 0. The summed E-state index contributed by atoms with van der Waals surface area (Å²) in [5.41, 5.74) is 8.36. The molecule has 4 rings (SSSR count). The van der Waals surface area contributed by atoms with Gasteiger partial charge in [0.15, 0.2) is 25.2 Å². The lowest BCUT2D eigenvalue weighted by atomic mass is 9.95. The Morgan fingerprint density at radius 2 is 1.07 bits per heavy atom. The van der Waals surface area contributed by atoms with Gasteiger partial charge in [-0.05, 0) is 5.53 Å². The van der Waals surface area contributed by atoms with E-state index in [2.05, 4.69) is 10.0 Å². The van der Waals surface area contributed by atoms with Crippen molar-refractivity contribution < 1.29 is 78.7 Å². The van der Waals surface area contributed by atoms with E-state index in [9.17, 15) is 40.9 Å². The maximum absolute atomic E-state index is 11.0. The molecule has 242 valence electrons. The molecule has 0 radical (unpaired) electrons. The van der Waals surface area contributed by atoms with Crippen LogP contribution in [0.2, 0.25) is 0 Å². The molecule has 4 aliphatic heterocycles. The van der Waals surface area contributed by atoms with Gasteiger partial charge in [0.05, 0.1) is 39.1 Å². The summed E-state index contributed by atoms with van der Waals surface area (Å²) in [6, 6.07) is 0. The summed E-state index contributed by atoms with van der Waals surface area (Å²) < 4.78 is 44.2. The Balaban J connectivity index is 1.37. The van der Waals surface area contributed by atoms with Crippen LogP contribution in [0.1, 0.15) is 6.92 Å². The van der Waals surface area contributed by atoms with Crippen molar-refractivity contribution >= 4 is 0 Å². The molecule has 0 aromatic heterocycles. The van der Waals surface area contributed by atoms with Crippen molar-refractivity contribution in [2.75, 3.05) is 39.6 Å². The highest BCUT2D eigenvalue weighted by atomic mass is 16.7. The molecule has 0 amide bonds. The Bertz CT molecular complexity index is 902. The molecule has 42 heavy (non-hydrogen) atoms. The lowest BCUT2D eigenvalue weighted by Crippen LogP contribution is -2.62. The van der Waals surface area contributed by atoms with E-state index < -0.39 is 98.2 Å². The van der Waals surface area contributed by atoms with Crippen molar-refractivity contribution in [3.8, 4) is 0 Å². The summed E-state index contributed by atoms with van der Waals surface area (Å²) in [6.45, 7) is 0.240. The van der Waals surface area contributed by atoms with Crippen molar-refractivity contribution in [2.24, 2.45) is 11.0 Å². The van der Waals surface area contributed by atoms with E-state index in [-0.39, 0.29) is 39.6 Å². The summed E-state index contributed by atoms with van der Waals surface area (Å²) >= 11 is 0. The van der Waals surface area contributed by atoms with Crippen molar-refractivity contribution in [3.63, 3.8) is 0 Å². The lowest BCUT2D eigenvalue weighted by molar-refractivity contribution is -0.360. The number of hydrogen-bond donors (Lipinski definition) is 8. The van der Waals surface area contributed by atoms with Crippen molar-refractivity contribution in [1.29, 1.82) is 0 Å². The first-order valence-corrected chi connectivity index (χ1v) is 13.5. The number of nitrogens with zero attached hydrogens (tertiary/aromatic N) is 3. The average Bonchev–Trinajstić information content (AvgIpc) is 2.96. The molecule has 0 aromatic rings. The number of rotatable bonds is 10. The zero-order valence-corrected chi connectivity index (χ0v) is 22.7. The Morgan fingerprint density at radius 1 is 0.619 bits per heavy atom. The van der Waals surface area contributed by atoms with E-state index in [1.165, 1.54) is 0 Å². The lowest BCUT2D eigenvalue weighted by Gasteiger charge is -2.46. The Morgan fingerprint density at radius 3 is 1.69 bits per heavy atom. The summed E-state index contributed by atoms with van der Waals surface area (Å²) in [5.74, 6) is -0.766. The fraction of sp³-hybridized carbons (Fsp3) is 1.00. The Kier molecular flexibility index (Phi) is 12.1. The SMILES string of the molecule is C[C@H]1C(O[C@H]2OC[C@@H](O)C(O)[C@@H]2O)[C@H](O)CO[C@H]1OC1[C@H](O)CO[C@H](OC2[C@H](O)CO[C@@H](OCCN=[N+]=[N-])[C@H]2O)[C@H]1O. The van der Waals surface area contributed by atoms with Gasteiger partial charge < -0.3 is 78.7 Å². The first kappa shape index (κ1) is 33.6. The molecule has 19 nitrogen and oxygen atoms in total. The molecule has 4 fully saturated rings. The van der Waals surface area contributed by atoms with Gasteiger partial charge in [-0.1, -0.05) is 12.0 Å². The predicted octanol–water partition coefficient (Wildman–Crippen LogP) is -4.58. The first-order chi connectivity index (χ1) is 20.0. The molecule has 0 aromatic carbocycles. The molecule has 0 bridgehead atoms. The predicted molar refractivity (Wildman–Crippen MR) is 131 cm³/mol. The van der Waals surface area contributed by atoms with Crippen LogP contribution >= 0.6 is 0 Å². The second kappa shape index (κ2) is 15.1. The summed E-state index contributed by atoms with van der Waals surface area (Å²) in [4.78, 5) is 2.59. The Labute approximate surface area is 239 Å². The van der Waals surface area contributed by atoms with Gasteiger partial charge in [0.2, 0.25) is 0 Å². The van der Waals surface area contributed by atoms with Crippen LogP contribution in [-0.4, -0.2) is 173 Å². The normalized spacial score (nSPS) is 48.4. The average molecular weight is 614 g/mol. The highest BCUT2D eigenvalue weighted by molar-refractivity contribution is 4.92. The van der Waals surface area contributed by atoms with E-state index in [4.69, 9.17) is 43.4 Å². The number of aliphatic hydroxyl groups is 8. The van der Waals surface area contributed by atoms with Gasteiger partial charge in [-0.3, -0.25) is 0 Å². The molecule has 4 heterocycles. The molecule has 19 heteroatoms. The molecule has 4 aliphatic rings. The van der Waals surface area contributed by atoms with Crippen LogP contribution in [0.15, 0.2) is 5.11 Å². The summed E-state index contributed by atoms with van der Waals surface area (Å²) in [6.07, 6.45) is -20.5. The van der Waals surface area contributed by atoms with Crippen LogP contribution in [0, 0.1) is 5.92 Å². The number of azide groups is 1. The van der Waals surface area contributed by atoms with Crippen LogP contribution in [-0.2, 0) is 37.9 Å². The molecule has 4 saturated heterocycles. The van der Waals surface area contributed by atoms with Crippen molar-refractivity contribution in [1.82, 2.24) is 0 Å². The third-order valence-corrected chi connectivity index (χ3v) is 7.47. The van der Waals surface area contributed by atoms with Gasteiger partial charge in [0, 0.05) is 17.4 Å². The van der Waals surface area contributed by atoms with Gasteiger partial charge >= 0.3 is 0 Å². The minimum absolute atomic E-state index is 0.0254. The minimum atomic E-state index is -1.65. The minimum Gasteiger partial charge on any atom is -0.388 e. The zero-order chi connectivity index (χ0) is 30.6. The van der Waals surface area contributed by atoms with Crippen LogP contribution in [0.25, 0.3) is 10.4 Å². The quantitative estimate of drug-likeness (QED) is 0.0498. The fourth-order valence-electron chi connectivity index (χ4n) is 5.09. The molecule has 0 aliphatic carbocycles. The number of hydrogen-bond acceptors (Lipinski definition) is 17. The monoisotopic (exact) mass is 613 g/mol. The molecule has 0 saturated carbocycles. The van der Waals surface area contributed by atoms with Gasteiger partial charge in [0.1, 0.15) is 61.0 Å². The van der Waals surface area contributed by atoms with E-state index in [0.717, 1.165) is 0 Å². The molecule has 8 N–H and O–H groups in total. The van der Waals surface area contributed by atoms with E-state index >= 15 is 0 Å². The van der Waals surface area contributed by atoms with Crippen LogP contribution < -0.4 is 0 Å². The second-order valence-corrected chi connectivity index (χ2v) is 10.5. The standard InChI is InChI=1S/C23H39N3O16/c1-8-17(40-22-14(32)13(31)9(27)4-38-22)10(28)5-36-20(8)41-19-12(30)7-39-23(16(19)34)42-18-11(29)6-37-21(15(18)33)35-3-2-25-26-24/h8-23,27-34H,2-7H2,1H3/t8-,9+,10+,11+,12+,13?,14-,15-,16-,17?,18?,19?,20-,21+,22+,23+/m0/s1. The van der Waals surface area contributed by atoms with E-state index in [1.807, 2.05) is 0 Å². The largest absolute Gasteiger partial charge is 0.388 e. The maximum atomic E-state index is 11.0. The smallest absolute Gasteiger partial charge is 0.186 e. The molecule has 16 atom stereocenters. The second-order valence-electron chi connectivity index (χ2n) is 10.5. The molecular weight excluding hydrogens is 574 g/mol.